The van der Waals surface area contributed by atoms with Crippen LogP contribution in [0.1, 0.15) is 29.9 Å². The zero-order valence-corrected chi connectivity index (χ0v) is 19.4. The van der Waals surface area contributed by atoms with E-state index in [9.17, 15) is 26.4 Å². The molecule has 3 aromatic carbocycles. The summed E-state index contributed by atoms with van der Waals surface area (Å²) in [5.41, 5.74) is 2.84. The Balaban J connectivity index is 1.68. The van der Waals surface area contributed by atoms with Gasteiger partial charge in [0.1, 0.15) is 5.75 Å². The number of benzene rings is 3. The van der Waals surface area contributed by atoms with Gasteiger partial charge in [0.15, 0.2) is 0 Å². The summed E-state index contributed by atoms with van der Waals surface area (Å²) in [6, 6.07) is 17.0. The molecule has 0 spiro atoms. The van der Waals surface area contributed by atoms with Crippen LogP contribution in [0.4, 0.5) is 18.9 Å². The number of ether oxygens (including phenoxy) is 1. The largest absolute Gasteiger partial charge is 0.573 e. The number of hydrogen-bond acceptors (Lipinski definition) is 4. The van der Waals surface area contributed by atoms with Gasteiger partial charge < -0.3 is 9.84 Å². The normalized spacial score (nSPS) is 15.7. The standard InChI is InChI=1S/C25H22F3NO5S/c1-16-20(17-9-12-19(13-10-17)34-25(26,27)28)6-4-8-23(16)35(32,33)29-15-18(11-14-24(30)31)21-5-2-3-7-22(21)29/h2-10,12-13,18H,11,14-15H2,1H3,(H,30,31). The fourth-order valence-electron chi connectivity index (χ4n) is 4.39. The van der Waals surface area contributed by atoms with E-state index in [4.69, 9.17) is 5.11 Å². The van der Waals surface area contributed by atoms with Crippen molar-refractivity contribution in [3.63, 3.8) is 0 Å². The van der Waals surface area contributed by atoms with Crippen LogP contribution in [-0.2, 0) is 14.8 Å². The highest BCUT2D eigenvalue weighted by molar-refractivity contribution is 7.93. The van der Waals surface area contributed by atoms with E-state index in [1.54, 1.807) is 37.3 Å². The number of hydrogen-bond donors (Lipinski definition) is 1. The average Bonchev–Trinajstić information content (AvgIpc) is 3.17. The maximum absolute atomic E-state index is 13.8. The van der Waals surface area contributed by atoms with Crippen molar-refractivity contribution in [1.82, 2.24) is 0 Å². The lowest BCUT2D eigenvalue weighted by Gasteiger charge is -2.22. The minimum absolute atomic E-state index is 0.0688. The van der Waals surface area contributed by atoms with E-state index >= 15 is 0 Å². The Kier molecular flexibility index (Phi) is 6.50. The van der Waals surface area contributed by atoms with Crippen molar-refractivity contribution in [1.29, 1.82) is 0 Å². The number of para-hydroxylation sites is 1. The lowest BCUT2D eigenvalue weighted by molar-refractivity contribution is -0.274. The molecule has 1 unspecified atom stereocenters. The number of carbonyl (C=O) groups is 1. The SMILES string of the molecule is Cc1c(-c2ccc(OC(F)(F)F)cc2)cccc1S(=O)(=O)N1CC(CCC(=O)O)c2ccccc21. The van der Waals surface area contributed by atoms with Gasteiger partial charge in [0, 0.05) is 18.9 Å². The van der Waals surface area contributed by atoms with E-state index in [-0.39, 0.29) is 29.5 Å². The number of aliphatic carboxylic acids is 1. The van der Waals surface area contributed by atoms with Gasteiger partial charge in [-0.3, -0.25) is 9.10 Å². The predicted octanol–water partition coefficient (Wildman–Crippen LogP) is 5.72. The maximum Gasteiger partial charge on any atom is 0.573 e. The monoisotopic (exact) mass is 505 g/mol. The summed E-state index contributed by atoms with van der Waals surface area (Å²) in [7, 11) is -4.00. The van der Waals surface area contributed by atoms with Crippen LogP contribution < -0.4 is 9.04 Å². The highest BCUT2D eigenvalue weighted by Crippen LogP contribution is 2.42. The molecule has 0 aromatic heterocycles. The second kappa shape index (κ2) is 9.26. The quantitative estimate of drug-likeness (QED) is 0.444. The summed E-state index contributed by atoms with van der Waals surface area (Å²) < 4.78 is 70.1. The molecule has 1 N–H and O–H groups in total. The first-order chi connectivity index (χ1) is 16.5. The van der Waals surface area contributed by atoms with Crippen LogP contribution in [-0.4, -0.2) is 32.4 Å². The molecule has 184 valence electrons. The molecular weight excluding hydrogens is 483 g/mol. The molecule has 6 nitrogen and oxygen atoms in total. The van der Waals surface area contributed by atoms with Crippen molar-refractivity contribution in [2.45, 2.75) is 36.9 Å². The summed E-state index contributed by atoms with van der Waals surface area (Å²) >= 11 is 0. The van der Waals surface area contributed by atoms with Crippen LogP contribution in [0.25, 0.3) is 11.1 Å². The molecule has 0 saturated carbocycles. The molecule has 35 heavy (non-hydrogen) atoms. The Morgan fingerprint density at radius 1 is 1.06 bits per heavy atom. The molecule has 4 rings (SSSR count). The number of halogens is 3. The van der Waals surface area contributed by atoms with Gasteiger partial charge >= 0.3 is 12.3 Å². The summed E-state index contributed by atoms with van der Waals surface area (Å²) in [5.74, 6) is -1.57. The fourth-order valence-corrected chi connectivity index (χ4v) is 6.18. The van der Waals surface area contributed by atoms with Crippen molar-refractivity contribution in [3.8, 4) is 16.9 Å². The van der Waals surface area contributed by atoms with Crippen molar-refractivity contribution in [2.24, 2.45) is 0 Å². The van der Waals surface area contributed by atoms with Crippen molar-refractivity contribution < 1.29 is 36.2 Å². The van der Waals surface area contributed by atoms with E-state index in [1.807, 2.05) is 6.07 Å². The Morgan fingerprint density at radius 3 is 2.40 bits per heavy atom. The Bertz CT molecular complexity index is 1350. The number of carboxylic acid groups (broad SMARTS) is 1. The number of anilines is 1. The molecular formula is C25H22F3NO5S. The highest BCUT2D eigenvalue weighted by Gasteiger charge is 2.37. The highest BCUT2D eigenvalue weighted by atomic mass is 32.2. The van der Waals surface area contributed by atoms with Gasteiger partial charge in [-0.15, -0.1) is 13.2 Å². The van der Waals surface area contributed by atoms with Crippen LogP contribution in [0.15, 0.2) is 71.6 Å². The molecule has 0 bridgehead atoms. The Morgan fingerprint density at radius 2 is 1.74 bits per heavy atom. The third kappa shape index (κ3) is 5.12. The molecule has 1 atom stereocenters. The van der Waals surface area contributed by atoms with Gasteiger partial charge in [0.2, 0.25) is 0 Å². The number of sulfonamides is 1. The smallest absolute Gasteiger partial charge is 0.481 e. The zero-order chi connectivity index (χ0) is 25.4. The summed E-state index contributed by atoms with van der Waals surface area (Å²) in [6.07, 6.45) is -4.57. The first-order valence-corrected chi connectivity index (χ1v) is 12.2. The fraction of sp³-hybridized carbons (Fsp3) is 0.240. The van der Waals surface area contributed by atoms with Crippen LogP contribution in [0.3, 0.4) is 0 Å². The first-order valence-electron chi connectivity index (χ1n) is 10.8. The van der Waals surface area contributed by atoms with E-state index in [0.717, 1.165) is 5.56 Å². The second-order valence-electron chi connectivity index (χ2n) is 8.23. The topological polar surface area (TPSA) is 83.9 Å². The van der Waals surface area contributed by atoms with Crippen LogP contribution in [0, 0.1) is 6.92 Å². The summed E-state index contributed by atoms with van der Waals surface area (Å²) in [4.78, 5) is 11.1. The molecule has 1 aliphatic rings. The van der Waals surface area contributed by atoms with Gasteiger partial charge in [-0.05, 0) is 59.9 Å². The lowest BCUT2D eigenvalue weighted by Crippen LogP contribution is -2.30. The lowest BCUT2D eigenvalue weighted by atomic mass is 9.96. The van der Waals surface area contributed by atoms with Gasteiger partial charge in [0.05, 0.1) is 10.6 Å². The Hall–Kier alpha value is -3.53. The third-order valence-corrected chi connectivity index (χ3v) is 7.91. The molecule has 10 heteroatoms. The van der Waals surface area contributed by atoms with E-state index in [2.05, 4.69) is 4.74 Å². The van der Waals surface area contributed by atoms with E-state index in [0.29, 0.717) is 28.8 Å². The first kappa shape index (κ1) is 24.6. The minimum Gasteiger partial charge on any atom is -0.481 e. The molecule has 0 aliphatic carbocycles. The zero-order valence-electron chi connectivity index (χ0n) is 18.6. The van der Waals surface area contributed by atoms with Crippen LogP contribution in [0.2, 0.25) is 0 Å². The third-order valence-electron chi connectivity index (χ3n) is 5.99. The predicted molar refractivity (Wildman–Crippen MR) is 124 cm³/mol. The molecule has 3 aromatic rings. The molecule has 1 aliphatic heterocycles. The number of alkyl halides is 3. The van der Waals surface area contributed by atoms with Gasteiger partial charge in [-0.1, -0.05) is 42.5 Å². The maximum atomic E-state index is 13.8. The molecule has 1 heterocycles. The van der Waals surface area contributed by atoms with Gasteiger partial charge in [-0.25, -0.2) is 8.42 Å². The van der Waals surface area contributed by atoms with Crippen molar-refractivity contribution >= 4 is 21.7 Å². The number of fused-ring (bicyclic) bond motifs is 1. The summed E-state index contributed by atoms with van der Waals surface area (Å²) in [6.45, 7) is 1.77. The van der Waals surface area contributed by atoms with Crippen molar-refractivity contribution in [3.05, 3.63) is 77.9 Å². The summed E-state index contributed by atoms with van der Waals surface area (Å²) in [5, 5.41) is 9.08. The minimum atomic E-state index is -4.81. The van der Waals surface area contributed by atoms with Crippen LogP contribution in [0.5, 0.6) is 5.75 Å². The van der Waals surface area contributed by atoms with Gasteiger partial charge in [0.25, 0.3) is 10.0 Å². The average molecular weight is 506 g/mol. The molecule has 0 radical (unpaired) electrons. The number of carboxylic acids is 1. The molecule has 0 saturated heterocycles. The molecule has 0 amide bonds. The molecule has 0 fully saturated rings. The second-order valence-corrected chi connectivity index (χ2v) is 10.1. The van der Waals surface area contributed by atoms with Crippen LogP contribution >= 0.6 is 0 Å². The van der Waals surface area contributed by atoms with E-state index in [1.165, 1.54) is 34.6 Å². The van der Waals surface area contributed by atoms with Crippen molar-refractivity contribution in [2.75, 3.05) is 10.8 Å². The number of nitrogens with zero attached hydrogens (tertiary/aromatic N) is 1. The number of rotatable bonds is 7. The van der Waals surface area contributed by atoms with E-state index < -0.39 is 22.4 Å². The Labute approximate surface area is 200 Å². The van der Waals surface area contributed by atoms with Gasteiger partial charge in [-0.2, -0.15) is 0 Å².